The van der Waals surface area contributed by atoms with Gasteiger partial charge in [0.05, 0.1) is 9.95 Å². The van der Waals surface area contributed by atoms with Gasteiger partial charge in [-0.15, -0.1) is 0 Å². The van der Waals surface area contributed by atoms with Crippen LogP contribution in [0.5, 0.6) is 0 Å². The molecule has 0 aliphatic carbocycles. The van der Waals surface area contributed by atoms with Crippen LogP contribution in [0.1, 0.15) is 45.1 Å². The minimum absolute atomic E-state index is 0.0375. The summed E-state index contributed by atoms with van der Waals surface area (Å²) in [5.41, 5.74) is 0.998. The maximum atomic E-state index is 10.7. The first kappa shape index (κ1) is 15.9. The number of halogens is 1. The van der Waals surface area contributed by atoms with Gasteiger partial charge in [0.2, 0.25) is 0 Å². The van der Waals surface area contributed by atoms with Crippen LogP contribution < -0.4 is 5.32 Å². The summed E-state index contributed by atoms with van der Waals surface area (Å²) in [6, 6.07) is 5.05. The van der Waals surface area contributed by atoms with Gasteiger partial charge in [-0.3, -0.25) is 10.1 Å². The van der Waals surface area contributed by atoms with Crippen molar-refractivity contribution in [2.45, 2.75) is 45.6 Å². The number of nitrogens with zero attached hydrogens (tertiary/aromatic N) is 1. The quantitative estimate of drug-likeness (QED) is 0.605. The molecule has 1 N–H and O–H groups in total. The van der Waals surface area contributed by atoms with E-state index in [1.165, 1.54) is 12.1 Å². The Kier molecular flexibility index (Phi) is 6.25. The molecule has 0 radical (unpaired) electrons. The first-order chi connectivity index (χ1) is 9.01. The second kappa shape index (κ2) is 7.46. The number of hydrogen-bond donors (Lipinski definition) is 1. The van der Waals surface area contributed by atoms with Crippen LogP contribution in [-0.4, -0.2) is 17.5 Å². The predicted octanol–water partition coefficient (Wildman–Crippen LogP) is 4.13. The highest BCUT2D eigenvalue weighted by Crippen LogP contribution is 2.31. The van der Waals surface area contributed by atoms with Gasteiger partial charge in [-0.2, -0.15) is 0 Å². The lowest BCUT2D eigenvalue weighted by Gasteiger charge is -2.25. The van der Waals surface area contributed by atoms with Crippen molar-refractivity contribution in [3.8, 4) is 0 Å². The van der Waals surface area contributed by atoms with E-state index in [4.69, 9.17) is 11.6 Å². The SMILES string of the molecule is CCCNC(CC)C(C)c1ccc([N+](=O)[O-])cc1Cl. The summed E-state index contributed by atoms with van der Waals surface area (Å²) in [5, 5.41) is 14.7. The first-order valence-electron chi connectivity index (χ1n) is 6.68. The number of non-ortho nitro benzene ring substituents is 1. The molecular weight excluding hydrogens is 264 g/mol. The van der Waals surface area contributed by atoms with Crippen molar-refractivity contribution in [2.24, 2.45) is 0 Å². The highest BCUT2D eigenvalue weighted by Gasteiger charge is 2.20. The molecule has 0 spiro atoms. The van der Waals surface area contributed by atoms with Crippen LogP contribution in [0, 0.1) is 10.1 Å². The smallest absolute Gasteiger partial charge is 0.270 e. The summed E-state index contributed by atoms with van der Waals surface area (Å²) in [4.78, 5) is 10.3. The van der Waals surface area contributed by atoms with Crippen molar-refractivity contribution in [1.82, 2.24) is 5.32 Å². The van der Waals surface area contributed by atoms with Crippen LogP contribution in [0.2, 0.25) is 5.02 Å². The molecule has 0 aliphatic rings. The third-order valence-electron chi connectivity index (χ3n) is 3.39. The molecule has 106 valence electrons. The van der Waals surface area contributed by atoms with Gasteiger partial charge < -0.3 is 5.32 Å². The zero-order valence-corrected chi connectivity index (χ0v) is 12.4. The molecule has 0 saturated heterocycles. The van der Waals surface area contributed by atoms with Crippen molar-refractivity contribution in [2.75, 3.05) is 6.54 Å². The Bertz CT molecular complexity index is 437. The second-order valence-corrected chi connectivity index (χ2v) is 5.13. The molecule has 0 aliphatic heterocycles. The minimum atomic E-state index is -0.424. The lowest BCUT2D eigenvalue weighted by atomic mass is 9.91. The molecule has 1 aromatic carbocycles. The van der Waals surface area contributed by atoms with E-state index in [9.17, 15) is 10.1 Å². The van der Waals surface area contributed by atoms with E-state index in [1.54, 1.807) is 6.07 Å². The van der Waals surface area contributed by atoms with E-state index in [-0.39, 0.29) is 11.6 Å². The Hall–Kier alpha value is -1.13. The van der Waals surface area contributed by atoms with E-state index in [0.29, 0.717) is 11.1 Å². The predicted molar refractivity (Wildman–Crippen MR) is 78.9 cm³/mol. The normalized spacial score (nSPS) is 14.1. The summed E-state index contributed by atoms with van der Waals surface area (Å²) in [7, 11) is 0. The maximum absolute atomic E-state index is 10.7. The Morgan fingerprint density at radius 1 is 1.42 bits per heavy atom. The molecule has 5 heteroatoms. The van der Waals surface area contributed by atoms with Gasteiger partial charge in [-0.1, -0.05) is 38.4 Å². The standard InChI is InChI=1S/C14H21ClN2O2/c1-4-8-16-14(5-2)10(3)12-7-6-11(17(18)19)9-13(12)15/h6-7,9-10,14,16H,4-5,8H2,1-3H3. The van der Waals surface area contributed by atoms with Gasteiger partial charge in [-0.25, -0.2) is 0 Å². The lowest BCUT2D eigenvalue weighted by molar-refractivity contribution is -0.384. The molecule has 2 unspecified atom stereocenters. The minimum Gasteiger partial charge on any atom is -0.313 e. The van der Waals surface area contributed by atoms with Crippen molar-refractivity contribution in [3.63, 3.8) is 0 Å². The van der Waals surface area contributed by atoms with Crippen LogP contribution in [0.25, 0.3) is 0 Å². The van der Waals surface area contributed by atoms with Crippen LogP contribution in [-0.2, 0) is 0 Å². The average Bonchev–Trinajstić information content (AvgIpc) is 2.39. The molecule has 0 bridgehead atoms. The number of nitrogens with one attached hydrogen (secondary N) is 1. The molecule has 4 nitrogen and oxygen atoms in total. The number of rotatable bonds is 7. The van der Waals surface area contributed by atoms with E-state index in [1.807, 2.05) is 0 Å². The largest absolute Gasteiger partial charge is 0.313 e. The molecule has 0 amide bonds. The molecule has 0 fully saturated rings. The second-order valence-electron chi connectivity index (χ2n) is 4.72. The summed E-state index contributed by atoms with van der Waals surface area (Å²) in [6.45, 7) is 7.32. The molecule has 0 heterocycles. The van der Waals surface area contributed by atoms with Gasteiger partial charge >= 0.3 is 0 Å². The zero-order chi connectivity index (χ0) is 14.4. The fraction of sp³-hybridized carbons (Fsp3) is 0.571. The topological polar surface area (TPSA) is 55.2 Å². The third kappa shape index (κ3) is 4.18. The number of benzene rings is 1. The van der Waals surface area contributed by atoms with E-state index in [2.05, 4.69) is 26.1 Å². The van der Waals surface area contributed by atoms with Crippen molar-refractivity contribution in [3.05, 3.63) is 38.9 Å². The number of hydrogen-bond acceptors (Lipinski definition) is 3. The molecule has 1 rings (SSSR count). The van der Waals surface area contributed by atoms with E-state index in [0.717, 1.165) is 24.9 Å². The van der Waals surface area contributed by atoms with E-state index >= 15 is 0 Å². The number of nitro groups is 1. The molecular formula is C14H21ClN2O2. The fourth-order valence-electron chi connectivity index (χ4n) is 2.22. The maximum Gasteiger partial charge on any atom is 0.270 e. The molecule has 0 saturated carbocycles. The highest BCUT2D eigenvalue weighted by molar-refractivity contribution is 6.31. The van der Waals surface area contributed by atoms with Crippen molar-refractivity contribution in [1.29, 1.82) is 0 Å². The zero-order valence-electron chi connectivity index (χ0n) is 11.6. The highest BCUT2D eigenvalue weighted by atomic mass is 35.5. The van der Waals surface area contributed by atoms with Gasteiger partial charge in [0.25, 0.3) is 5.69 Å². The average molecular weight is 285 g/mol. The summed E-state index contributed by atoms with van der Waals surface area (Å²) in [5.74, 6) is 0.227. The van der Waals surface area contributed by atoms with Gasteiger partial charge in [0, 0.05) is 18.2 Å². The Labute approximate surface area is 119 Å². The summed E-state index contributed by atoms with van der Waals surface area (Å²) in [6.07, 6.45) is 2.08. The molecule has 0 aromatic heterocycles. The molecule has 2 atom stereocenters. The summed E-state index contributed by atoms with van der Waals surface area (Å²) < 4.78 is 0. The fourth-order valence-corrected chi connectivity index (χ4v) is 2.57. The Balaban J connectivity index is 2.91. The van der Waals surface area contributed by atoms with Gasteiger partial charge in [0.15, 0.2) is 0 Å². The van der Waals surface area contributed by atoms with Crippen molar-refractivity contribution < 1.29 is 4.92 Å². The monoisotopic (exact) mass is 284 g/mol. The molecule has 1 aromatic rings. The Morgan fingerprint density at radius 3 is 2.58 bits per heavy atom. The van der Waals surface area contributed by atoms with Crippen LogP contribution in [0.15, 0.2) is 18.2 Å². The first-order valence-corrected chi connectivity index (χ1v) is 7.06. The van der Waals surface area contributed by atoms with Crippen LogP contribution in [0.4, 0.5) is 5.69 Å². The summed E-state index contributed by atoms with van der Waals surface area (Å²) >= 11 is 6.17. The van der Waals surface area contributed by atoms with Crippen LogP contribution >= 0.6 is 11.6 Å². The lowest BCUT2D eigenvalue weighted by Crippen LogP contribution is -2.33. The van der Waals surface area contributed by atoms with Crippen LogP contribution in [0.3, 0.4) is 0 Å². The number of nitro benzene ring substituents is 1. The Morgan fingerprint density at radius 2 is 2.11 bits per heavy atom. The van der Waals surface area contributed by atoms with Crippen molar-refractivity contribution >= 4 is 17.3 Å². The molecule has 19 heavy (non-hydrogen) atoms. The van der Waals surface area contributed by atoms with Gasteiger partial charge in [-0.05, 0) is 30.9 Å². The van der Waals surface area contributed by atoms with Gasteiger partial charge in [0.1, 0.15) is 0 Å². The third-order valence-corrected chi connectivity index (χ3v) is 3.71. The van der Waals surface area contributed by atoms with E-state index < -0.39 is 4.92 Å².